The summed E-state index contributed by atoms with van der Waals surface area (Å²) >= 11 is 0. The number of hydrogen-bond acceptors (Lipinski definition) is 4. The second-order valence-electron chi connectivity index (χ2n) is 6.40. The zero-order valence-electron chi connectivity index (χ0n) is 14.4. The molecule has 25 heavy (non-hydrogen) atoms. The summed E-state index contributed by atoms with van der Waals surface area (Å²) in [5.74, 6) is 1.67. The fourth-order valence-corrected chi connectivity index (χ4v) is 3.02. The van der Waals surface area contributed by atoms with Gasteiger partial charge in [-0.2, -0.15) is 0 Å². The fraction of sp³-hybridized carbons (Fsp3) is 0.368. The Kier molecular flexibility index (Phi) is 5.85. The van der Waals surface area contributed by atoms with Gasteiger partial charge in [0, 0.05) is 37.1 Å². The number of aromatic nitrogens is 1. The van der Waals surface area contributed by atoms with E-state index in [2.05, 4.69) is 27.6 Å². The Morgan fingerprint density at radius 2 is 2.24 bits per heavy atom. The van der Waals surface area contributed by atoms with E-state index in [1.807, 2.05) is 30.3 Å². The lowest BCUT2D eigenvalue weighted by molar-refractivity contribution is 0.204. The number of pyridine rings is 1. The van der Waals surface area contributed by atoms with Crippen LogP contribution in [0.3, 0.4) is 0 Å². The maximum atomic E-state index is 12.1. The van der Waals surface area contributed by atoms with Crippen molar-refractivity contribution >= 4 is 11.7 Å². The molecule has 2 amide bonds. The van der Waals surface area contributed by atoms with Crippen LogP contribution in [0.15, 0.2) is 48.7 Å². The maximum absolute atomic E-state index is 12.1. The Hall–Kier alpha value is -2.60. The molecule has 6 nitrogen and oxygen atoms in total. The van der Waals surface area contributed by atoms with Crippen LogP contribution in [-0.2, 0) is 0 Å². The molecule has 1 aromatic heterocycles. The second-order valence-corrected chi connectivity index (χ2v) is 6.40. The number of rotatable bonds is 5. The Morgan fingerprint density at radius 1 is 1.32 bits per heavy atom. The minimum absolute atomic E-state index is 0.191. The van der Waals surface area contributed by atoms with Crippen LogP contribution in [0.25, 0.3) is 0 Å². The molecular formula is C19H24N4O2. The van der Waals surface area contributed by atoms with Crippen molar-refractivity contribution in [2.75, 3.05) is 32.0 Å². The molecule has 1 aromatic carbocycles. The molecule has 1 fully saturated rings. The molecule has 2 N–H and O–H groups in total. The average Bonchev–Trinajstić information content (AvgIpc) is 2.61. The monoisotopic (exact) mass is 340 g/mol. The van der Waals surface area contributed by atoms with Gasteiger partial charge in [-0.25, -0.2) is 9.78 Å². The minimum Gasteiger partial charge on any atom is -0.439 e. The van der Waals surface area contributed by atoms with Crippen LogP contribution >= 0.6 is 0 Å². The highest BCUT2D eigenvalue weighted by Crippen LogP contribution is 2.22. The summed E-state index contributed by atoms with van der Waals surface area (Å²) in [5.41, 5.74) is 0.687. The number of carbonyl (C=O) groups is 1. The molecule has 0 aliphatic carbocycles. The van der Waals surface area contributed by atoms with E-state index in [1.165, 1.54) is 6.42 Å². The molecule has 6 heteroatoms. The summed E-state index contributed by atoms with van der Waals surface area (Å²) in [6.07, 6.45) is 4.03. The van der Waals surface area contributed by atoms with Crippen LogP contribution in [0, 0.1) is 5.92 Å². The third-order valence-electron chi connectivity index (χ3n) is 4.23. The third-order valence-corrected chi connectivity index (χ3v) is 4.23. The van der Waals surface area contributed by atoms with Crippen molar-refractivity contribution in [2.45, 2.75) is 12.8 Å². The molecule has 0 bridgehead atoms. The van der Waals surface area contributed by atoms with Gasteiger partial charge in [-0.1, -0.05) is 12.1 Å². The maximum Gasteiger partial charge on any atom is 0.319 e. The Bertz CT molecular complexity index is 693. The number of likely N-dealkylation sites (tertiary alicyclic amines) is 1. The lowest BCUT2D eigenvalue weighted by Crippen LogP contribution is -2.40. The number of amides is 2. The van der Waals surface area contributed by atoms with Crippen molar-refractivity contribution in [3.05, 3.63) is 48.7 Å². The molecule has 1 aliphatic heterocycles. The van der Waals surface area contributed by atoms with E-state index in [0.29, 0.717) is 29.8 Å². The first-order valence-electron chi connectivity index (χ1n) is 8.61. The van der Waals surface area contributed by atoms with Gasteiger partial charge in [-0.15, -0.1) is 0 Å². The SMILES string of the molecule is CN1CCC[C@@H](CNC(=O)Nc2cccc(Oc3ccccn3)c2)C1. The third kappa shape index (κ3) is 5.46. The molecule has 0 radical (unpaired) electrons. The Morgan fingerprint density at radius 3 is 3.04 bits per heavy atom. The first kappa shape index (κ1) is 17.2. The second kappa shape index (κ2) is 8.48. The molecular weight excluding hydrogens is 316 g/mol. The van der Waals surface area contributed by atoms with Crippen LogP contribution in [-0.4, -0.2) is 42.6 Å². The number of nitrogens with one attached hydrogen (secondary N) is 2. The van der Waals surface area contributed by atoms with Gasteiger partial charge in [-0.05, 0) is 50.6 Å². The van der Waals surface area contributed by atoms with Gasteiger partial charge < -0.3 is 20.3 Å². The Labute approximate surface area is 148 Å². The highest BCUT2D eigenvalue weighted by molar-refractivity contribution is 5.89. The number of urea groups is 1. The number of benzene rings is 1. The van der Waals surface area contributed by atoms with E-state index in [4.69, 9.17) is 4.74 Å². The number of nitrogens with zero attached hydrogens (tertiary/aromatic N) is 2. The number of ether oxygens (including phenoxy) is 1. The summed E-state index contributed by atoms with van der Waals surface area (Å²) in [7, 11) is 2.12. The van der Waals surface area contributed by atoms with Gasteiger partial charge in [0.2, 0.25) is 5.88 Å². The summed E-state index contributed by atoms with van der Waals surface area (Å²) in [6, 6.07) is 12.6. The standard InChI is InChI=1S/C19H24N4O2/c1-23-11-5-6-15(14-23)13-21-19(24)22-16-7-4-8-17(12-16)25-18-9-2-3-10-20-18/h2-4,7-10,12,15H,5-6,11,13-14H2,1H3,(H2,21,22,24)/t15-/m0/s1. The van der Waals surface area contributed by atoms with E-state index in [-0.39, 0.29) is 6.03 Å². The molecule has 0 saturated carbocycles. The summed E-state index contributed by atoms with van der Waals surface area (Å²) in [5, 5.41) is 5.82. The van der Waals surface area contributed by atoms with Crippen molar-refractivity contribution in [1.82, 2.24) is 15.2 Å². The van der Waals surface area contributed by atoms with Gasteiger partial charge in [0.15, 0.2) is 0 Å². The molecule has 132 valence electrons. The average molecular weight is 340 g/mol. The lowest BCUT2D eigenvalue weighted by atomic mass is 9.99. The summed E-state index contributed by atoms with van der Waals surface area (Å²) < 4.78 is 5.68. The molecule has 0 spiro atoms. The summed E-state index contributed by atoms with van der Waals surface area (Å²) in [6.45, 7) is 2.87. The van der Waals surface area contributed by atoms with E-state index < -0.39 is 0 Å². The normalized spacial score (nSPS) is 17.7. The van der Waals surface area contributed by atoms with Crippen LogP contribution in [0.1, 0.15) is 12.8 Å². The van der Waals surface area contributed by atoms with Gasteiger partial charge in [0.1, 0.15) is 5.75 Å². The number of piperidine rings is 1. The molecule has 2 aromatic rings. The van der Waals surface area contributed by atoms with Crippen molar-refractivity contribution in [1.29, 1.82) is 0 Å². The number of anilines is 1. The zero-order chi connectivity index (χ0) is 17.5. The van der Waals surface area contributed by atoms with Crippen LogP contribution < -0.4 is 15.4 Å². The highest BCUT2D eigenvalue weighted by atomic mass is 16.5. The number of carbonyl (C=O) groups excluding carboxylic acids is 1. The predicted molar refractivity (Wildman–Crippen MR) is 98.0 cm³/mol. The van der Waals surface area contributed by atoms with Crippen LogP contribution in [0.4, 0.5) is 10.5 Å². The molecule has 1 aliphatic rings. The zero-order valence-corrected chi connectivity index (χ0v) is 14.4. The topological polar surface area (TPSA) is 66.5 Å². The van der Waals surface area contributed by atoms with E-state index in [9.17, 15) is 4.79 Å². The van der Waals surface area contributed by atoms with Crippen LogP contribution in [0.5, 0.6) is 11.6 Å². The largest absolute Gasteiger partial charge is 0.439 e. The molecule has 0 unspecified atom stereocenters. The van der Waals surface area contributed by atoms with Crippen molar-refractivity contribution in [3.63, 3.8) is 0 Å². The highest BCUT2D eigenvalue weighted by Gasteiger charge is 2.17. The quantitative estimate of drug-likeness (QED) is 0.876. The van der Waals surface area contributed by atoms with E-state index in [1.54, 1.807) is 18.3 Å². The lowest BCUT2D eigenvalue weighted by Gasteiger charge is -2.29. The van der Waals surface area contributed by atoms with Crippen molar-refractivity contribution < 1.29 is 9.53 Å². The van der Waals surface area contributed by atoms with E-state index in [0.717, 1.165) is 19.5 Å². The Balaban J connectivity index is 1.50. The van der Waals surface area contributed by atoms with Crippen molar-refractivity contribution in [3.8, 4) is 11.6 Å². The molecule has 3 rings (SSSR count). The fourth-order valence-electron chi connectivity index (χ4n) is 3.02. The van der Waals surface area contributed by atoms with Gasteiger partial charge in [0.25, 0.3) is 0 Å². The van der Waals surface area contributed by atoms with Crippen molar-refractivity contribution in [2.24, 2.45) is 5.92 Å². The number of hydrogen-bond donors (Lipinski definition) is 2. The smallest absolute Gasteiger partial charge is 0.319 e. The van der Waals surface area contributed by atoms with Gasteiger partial charge in [-0.3, -0.25) is 0 Å². The molecule has 1 atom stereocenters. The molecule has 1 saturated heterocycles. The molecule has 2 heterocycles. The minimum atomic E-state index is -0.191. The first-order valence-corrected chi connectivity index (χ1v) is 8.61. The predicted octanol–water partition coefficient (Wildman–Crippen LogP) is 3.34. The van der Waals surface area contributed by atoms with E-state index >= 15 is 0 Å². The first-order chi connectivity index (χ1) is 12.2. The summed E-state index contributed by atoms with van der Waals surface area (Å²) in [4.78, 5) is 18.6. The van der Waals surface area contributed by atoms with Gasteiger partial charge in [0.05, 0.1) is 0 Å². The van der Waals surface area contributed by atoms with Gasteiger partial charge >= 0.3 is 6.03 Å². The van der Waals surface area contributed by atoms with Crippen LogP contribution in [0.2, 0.25) is 0 Å².